The quantitative estimate of drug-likeness (QED) is 0.772. The lowest BCUT2D eigenvalue weighted by atomic mass is 10.0. The van der Waals surface area contributed by atoms with Crippen LogP contribution in [0.5, 0.6) is 0 Å². The van der Waals surface area contributed by atoms with Gasteiger partial charge < -0.3 is 9.84 Å². The molecule has 0 aliphatic carbocycles. The van der Waals surface area contributed by atoms with Gasteiger partial charge in [0.25, 0.3) is 0 Å². The van der Waals surface area contributed by atoms with E-state index in [-0.39, 0.29) is 12.0 Å². The monoisotopic (exact) mass is 274 g/mol. The number of aliphatic hydroxyl groups excluding tert-OH is 1. The highest BCUT2D eigenvalue weighted by Gasteiger charge is 2.14. The molecule has 1 aromatic rings. The first kappa shape index (κ1) is 14.8. The van der Waals surface area contributed by atoms with Gasteiger partial charge in [-0.3, -0.25) is 0 Å². The van der Waals surface area contributed by atoms with E-state index in [1.807, 2.05) is 31.2 Å². The number of halogens is 1. The maximum absolute atomic E-state index is 9.96. The SMILES string of the molecule is COCCC(C)C(O)CSc1ccc(Cl)cc1. The van der Waals surface area contributed by atoms with Gasteiger partial charge in [-0.25, -0.2) is 0 Å². The molecule has 2 unspecified atom stereocenters. The summed E-state index contributed by atoms with van der Waals surface area (Å²) < 4.78 is 5.01. The lowest BCUT2D eigenvalue weighted by Crippen LogP contribution is -2.21. The van der Waals surface area contributed by atoms with Gasteiger partial charge in [0.05, 0.1) is 6.10 Å². The van der Waals surface area contributed by atoms with Gasteiger partial charge in [-0.1, -0.05) is 18.5 Å². The van der Waals surface area contributed by atoms with E-state index in [1.54, 1.807) is 18.9 Å². The minimum absolute atomic E-state index is 0.259. The Labute approximate surface area is 112 Å². The first-order valence-corrected chi connectivity index (χ1v) is 7.05. The third-order valence-electron chi connectivity index (χ3n) is 2.67. The molecule has 17 heavy (non-hydrogen) atoms. The Morgan fingerprint density at radius 2 is 2.00 bits per heavy atom. The number of hydrogen-bond donors (Lipinski definition) is 1. The average molecular weight is 275 g/mol. The fourth-order valence-electron chi connectivity index (χ4n) is 1.37. The summed E-state index contributed by atoms with van der Waals surface area (Å²) in [6.45, 7) is 2.75. The van der Waals surface area contributed by atoms with Gasteiger partial charge >= 0.3 is 0 Å². The van der Waals surface area contributed by atoms with Gasteiger partial charge in [0.2, 0.25) is 0 Å². The van der Waals surface area contributed by atoms with Crippen molar-refractivity contribution < 1.29 is 9.84 Å². The molecule has 0 bridgehead atoms. The Hall–Kier alpha value is -0.220. The molecular weight excluding hydrogens is 256 g/mol. The zero-order chi connectivity index (χ0) is 12.7. The van der Waals surface area contributed by atoms with Crippen LogP contribution in [0.4, 0.5) is 0 Å². The molecular formula is C13H19ClO2S. The fraction of sp³-hybridized carbons (Fsp3) is 0.538. The van der Waals surface area contributed by atoms with E-state index >= 15 is 0 Å². The maximum atomic E-state index is 9.96. The van der Waals surface area contributed by atoms with E-state index in [0.717, 1.165) is 16.3 Å². The highest BCUT2D eigenvalue weighted by atomic mass is 35.5. The molecule has 0 saturated carbocycles. The number of hydrogen-bond acceptors (Lipinski definition) is 3. The topological polar surface area (TPSA) is 29.5 Å². The van der Waals surface area contributed by atoms with Crippen molar-refractivity contribution in [3.05, 3.63) is 29.3 Å². The van der Waals surface area contributed by atoms with E-state index in [9.17, 15) is 5.11 Å². The van der Waals surface area contributed by atoms with Crippen molar-refractivity contribution >= 4 is 23.4 Å². The van der Waals surface area contributed by atoms with Gasteiger partial charge in [-0.2, -0.15) is 0 Å². The number of rotatable bonds is 7. The maximum Gasteiger partial charge on any atom is 0.0660 e. The molecule has 1 N–H and O–H groups in total. The zero-order valence-electron chi connectivity index (χ0n) is 10.2. The summed E-state index contributed by atoms with van der Waals surface area (Å²) in [6.07, 6.45) is 0.588. The number of thioether (sulfide) groups is 1. The third-order valence-corrected chi connectivity index (χ3v) is 4.03. The van der Waals surface area contributed by atoms with Gasteiger partial charge in [0.15, 0.2) is 0 Å². The molecule has 2 nitrogen and oxygen atoms in total. The van der Waals surface area contributed by atoms with E-state index in [0.29, 0.717) is 12.4 Å². The Morgan fingerprint density at radius 3 is 2.59 bits per heavy atom. The molecule has 0 saturated heterocycles. The minimum Gasteiger partial charge on any atom is -0.392 e. The Balaban J connectivity index is 2.32. The molecule has 0 fully saturated rings. The Kier molecular flexibility index (Phi) is 6.97. The molecule has 0 radical (unpaired) electrons. The summed E-state index contributed by atoms with van der Waals surface area (Å²) in [4.78, 5) is 1.13. The summed E-state index contributed by atoms with van der Waals surface area (Å²) >= 11 is 7.46. The lowest BCUT2D eigenvalue weighted by Gasteiger charge is -2.18. The van der Waals surface area contributed by atoms with Crippen molar-refractivity contribution in [2.24, 2.45) is 5.92 Å². The van der Waals surface area contributed by atoms with Gasteiger partial charge in [0.1, 0.15) is 0 Å². The van der Waals surface area contributed by atoms with Gasteiger partial charge in [-0.15, -0.1) is 11.8 Å². The first-order chi connectivity index (χ1) is 8.13. The van der Waals surface area contributed by atoms with Crippen LogP contribution in [0, 0.1) is 5.92 Å². The van der Waals surface area contributed by atoms with Crippen LogP contribution in [0.25, 0.3) is 0 Å². The van der Waals surface area contributed by atoms with Crippen LogP contribution in [0.15, 0.2) is 29.2 Å². The third kappa shape index (κ3) is 5.77. The predicted molar refractivity (Wildman–Crippen MR) is 73.8 cm³/mol. The molecule has 0 aliphatic heterocycles. The normalized spacial score (nSPS) is 14.6. The summed E-state index contributed by atoms with van der Waals surface area (Å²) in [6, 6.07) is 7.67. The summed E-state index contributed by atoms with van der Waals surface area (Å²) in [5.74, 6) is 0.960. The van der Waals surface area contributed by atoms with Crippen molar-refractivity contribution in [3.63, 3.8) is 0 Å². The second-order valence-corrected chi connectivity index (χ2v) is 5.62. The Bertz CT molecular complexity index is 316. The number of benzene rings is 1. The van der Waals surface area contributed by atoms with Crippen molar-refractivity contribution in [3.8, 4) is 0 Å². The van der Waals surface area contributed by atoms with Crippen molar-refractivity contribution in [1.29, 1.82) is 0 Å². The van der Waals surface area contributed by atoms with Crippen LogP contribution in [-0.4, -0.2) is 30.7 Å². The second-order valence-electron chi connectivity index (χ2n) is 4.09. The van der Waals surface area contributed by atoms with Crippen LogP contribution in [0.3, 0.4) is 0 Å². The van der Waals surface area contributed by atoms with Crippen LogP contribution < -0.4 is 0 Å². The number of methoxy groups -OCH3 is 1. The molecule has 1 rings (SSSR count). The lowest BCUT2D eigenvalue weighted by molar-refractivity contribution is 0.105. The van der Waals surface area contributed by atoms with Crippen molar-refractivity contribution in [2.75, 3.05) is 19.5 Å². The molecule has 1 aromatic carbocycles. The standard InChI is InChI=1S/C13H19ClO2S/c1-10(7-8-16-2)13(15)9-17-12-5-3-11(14)4-6-12/h3-6,10,13,15H,7-9H2,1-2H3. The molecule has 0 aliphatic rings. The number of ether oxygens (including phenoxy) is 1. The molecule has 0 amide bonds. The molecule has 96 valence electrons. The van der Waals surface area contributed by atoms with Gasteiger partial charge in [0, 0.05) is 29.4 Å². The molecule has 0 heterocycles. The van der Waals surface area contributed by atoms with E-state index in [2.05, 4.69) is 0 Å². The van der Waals surface area contributed by atoms with Crippen LogP contribution in [-0.2, 0) is 4.74 Å². The van der Waals surface area contributed by atoms with E-state index < -0.39 is 0 Å². The summed E-state index contributed by atoms with van der Waals surface area (Å²) in [5, 5.41) is 10.7. The number of aliphatic hydroxyl groups is 1. The van der Waals surface area contributed by atoms with Crippen LogP contribution in [0.1, 0.15) is 13.3 Å². The summed E-state index contributed by atoms with van der Waals surface area (Å²) in [7, 11) is 1.68. The highest BCUT2D eigenvalue weighted by molar-refractivity contribution is 7.99. The predicted octanol–water partition coefficient (Wildman–Crippen LogP) is 3.47. The van der Waals surface area contributed by atoms with Crippen molar-refractivity contribution in [2.45, 2.75) is 24.3 Å². The van der Waals surface area contributed by atoms with E-state index in [4.69, 9.17) is 16.3 Å². The minimum atomic E-state index is -0.300. The smallest absolute Gasteiger partial charge is 0.0660 e. The average Bonchev–Trinajstić information content (AvgIpc) is 2.34. The molecule has 0 aromatic heterocycles. The Morgan fingerprint density at radius 1 is 1.35 bits per heavy atom. The molecule has 4 heteroatoms. The second kappa shape index (κ2) is 7.98. The molecule has 2 atom stereocenters. The molecule has 0 spiro atoms. The van der Waals surface area contributed by atoms with Crippen molar-refractivity contribution in [1.82, 2.24) is 0 Å². The van der Waals surface area contributed by atoms with Crippen LogP contribution in [0.2, 0.25) is 5.02 Å². The summed E-state index contributed by atoms with van der Waals surface area (Å²) in [5.41, 5.74) is 0. The van der Waals surface area contributed by atoms with Gasteiger partial charge in [-0.05, 0) is 36.6 Å². The zero-order valence-corrected chi connectivity index (χ0v) is 11.8. The largest absolute Gasteiger partial charge is 0.392 e. The van der Waals surface area contributed by atoms with Crippen LogP contribution >= 0.6 is 23.4 Å². The first-order valence-electron chi connectivity index (χ1n) is 5.69. The highest BCUT2D eigenvalue weighted by Crippen LogP contribution is 2.23. The van der Waals surface area contributed by atoms with E-state index in [1.165, 1.54) is 0 Å². The fourth-order valence-corrected chi connectivity index (χ4v) is 2.52.